The van der Waals surface area contributed by atoms with Crippen LogP contribution in [0.2, 0.25) is 0 Å². The highest BCUT2D eigenvalue weighted by Gasteiger charge is 2.26. The van der Waals surface area contributed by atoms with Crippen LogP contribution in [0, 0.1) is 0 Å². The minimum atomic E-state index is -3.56. The van der Waals surface area contributed by atoms with Gasteiger partial charge in [0.2, 0.25) is 10.0 Å². The Balaban J connectivity index is 1.79. The first-order valence-electron chi connectivity index (χ1n) is 9.38. The number of nitrogens with zero attached hydrogens (tertiary/aromatic N) is 2. The summed E-state index contributed by atoms with van der Waals surface area (Å²) in [6.07, 6.45) is 3.90. The zero-order valence-electron chi connectivity index (χ0n) is 15.7. The zero-order valence-corrected chi connectivity index (χ0v) is 16.5. The molecule has 0 aromatic heterocycles. The maximum absolute atomic E-state index is 13.0. The maximum Gasteiger partial charge on any atom is 0.253 e. The first-order valence-corrected chi connectivity index (χ1v) is 10.8. The Morgan fingerprint density at radius 2 is 1.63 bits per heavy atom. The molecule has 2 aromatic rings. The fourth-order valence-electron chi connectivity index (χ4n) is 3.37. The SMILES string of the molecule is CN(Cc1ccccc1)C(=O)c1cccc(S(=O)(=O)N2CCCCCC2)c1. The monoisotopic (exact) mass is 386 g/mol. The molecule has 2 aromatic carbocycles. The summed E-state index contributed by atoms with van der Waals surface area (Å²) in [6.45, 7) is 1.58. The van der Waals surface area contributed by atoms with E-state index >= 15 is 0 Å². The molecular weight excluding hydrogens is 360 g/mol. The van der Waals surface area contributed by atoms with E-state index in [0.29, 0.717) is 25.2 Å². The van der Waals surface area contributed by atoms with Gasteiger partial charge in [0.05, 0.1) is 4.90 Å². The predicted octanol–water partition coefficient (Wildman–Crippen LogP) is 3.52. The molecule has 1 saturated heterocycles. The Kier molecular flexibility index (Phi) is 6.29. The third-order valence-corrected chi connectivity index (χ3v) is 6.79. The number of rotatable bonds is 5. The van der Waals surface area contributed by atoms with Gasteiger partial charge in [-0.05, 0) is 36.6 Å². The van der Waals surface area contributed by atoms with Crippen LogP contribution in [-0.2, 0) is 16.6 Å². The van der Waals surface area contributed by atoms with Gasteiger partial charge in [-0.3, -0.25) is 4.79 Å². The van der Waals surface area contributed by atoms with Gasteiger partial charge < -0.3 is 4.90 Å². The lowest BCUT2D eigenvalue weighted by molar-refractivity contribution is 0.0785. The standard InChI is InChI=1S/C21H26N2O3S/c1-22(17-18-10-5-4-6-11-18)21(24)19-12-9-13-20(16-19)27(25,26)23-14-7-2-3-8-15-23/h4-6,9-13,16H,2-3,7-8,14-15,17H2,1H3. The fraction of sp³-hybridized carbons (Fsp3) is 0.381. The summed E-state index contributed by atoms with van der Waals surface area (Å²) in [6, 6.07) is 16.1. The van der Waals surface area contributed by atoms with Crippen molar-refractivity contribution in [2.24, 2.45) is 0 Å². The average molecular weight is 387 g/mol. The molecular formula is C21H26N2O3S. The second-order valence-electron chi connectivity index (χ2n) is 6.99. The highest BCUT2D eigenvalue weighted by atomic mass is 32.2. The van der Waals surface area contributed by atoms with Crippen LogP contribution in [0.3, 0.4) is 0 Å². The highest BCUT2D eigenvalue weighted by Crippen LogP contribution is 2.21. The van der Waals surface area contributed by atoms with Crippen LogP contribution in [0.25, 0.3) is 0 Å². The number of carbonyl (C=O) groups excluding carboxylic acids is 1. The first kappa shape index (κ1) is 19.6. The van der Waals surface area contributed by atoms with E-state index in [2.05, 4.69) is 0 Å². The lowest BCUT2D eigenvalue weighted by Crippen LogP contribution is -2.32. The molecule has 1 fully saturated rings. The molecule has 0 aliphatic carbocycles. The van der Waals surface area contributed by atoms with Crippen LogP contribution in [0.5, 0.6) is 0 Å². The lowest BCUT2D eigenvalue weighted by Gasteiger charge is -2.21. The summed E-state index contributed by atoms with van der Waals surface area (Å²) < 4.78 is 27.5. The highest BCUT2D eigenvalue weighted by molar-refractivity contribution is 7.89. The fourth-order valence-corrected chi connectivity index (χ4v) is 4.93. The molecule has 0 bridgehead atoms. The Hall–Kier alpha value is -2.18. The molecule has 27 heavy (non-hydrogen) atoms. The molecule has 3 rings (SSSR count). The van der Waals surface area contributed by atoms with E-state index in [-0.39, 0.29) is 10.8 Å². The second kappa shape index (κ2) is 8.67. The van der Waals surface area contributed by atoms with E-state index < -0.39 is 10.0 Å². The van der Waals surface area contributed by atoms with Crippen molar-refractivity contribution in [2.45, 2.75) is 37.1 Å². The van der Waals surface area contributed by atoms with Gasteiger partial charge in [-0.2, -0.15) is 4.31 Å². The van der Waals surface area contributed by atoms with E-state index in [9.17, 15) is 13.2 Å². The molecule has 1 aliphatic heterocycles. The van der Waals surface area contributed by atoms with Crippen molar-refractivity contribution in [3.8, 4) is 0 Å². The Bertz CT molecular complexity index is 873. The van der Waals surface area contributed by atoms with Crippen LogP contribution in [0.1, 0.15) is 41.6 Å². The van der Waals surface area contributed by atoms with Crippen molar-refractivity contribution in [3.63, 3.8) is 0 Å². The molecule has 6 heteroatoms. The molecule has 0 radical (unpaired) electrons. The van der Waals surface area contributed by atoms with E-state index in [0.717, 1.165) is 31.2 Å². The maximum atomic E-state index is 13.0. The molecule has 0 saturated carbocycles. The summed E-state index contributed by atoms with van der Waals surface area (Å²) >= 11 is 0. The molecule has 1 amide bonds. The normalized spacial score (nSPS) is 15.9. The Morgan fingerprint density at radius 3 is 2.30 bits per heavy atom. The van der Waals surface area contributed by atoms with Crippen LogP contribution in [0.15, 0.2) is 59.5 Å². The Labute approximate surface area is 161 Å². The third kappa shape index (κ3) is 4.76. The number of hydrogen-bond acceptors (Lipinski definition) is 3. The molecule has 1 aliphatic rings. The van der Waals surface area contributed by atoms with E-state index in [1.165, 1.54) is 6.07 Å². The first-order chi connectivity index (χ1) is 13.0. The van der Waals surface area contributed by atoms with Crippen molar-refractivity contribution in [1.29, 1.82) is 0 Å². The second-order valence-corrected chi connectivity index (χ2v) is 8.93. The molecule has 5 nitrogen and oxygen atoms in total. The van der Waals surface area contributed by atoms with E-state index in [4.69, 9.17) is 0 Å². The molecule has 1 heterocycles. The molecule has 0 atom stereocenters. The number of benzene rings is 2. The number of sulfonamides is 1. The minimum Gasteiger partial charge on any atom is -0.337 e. The lowest BCUT2D eigenvalue weighted by atomic mass is 10.1. The van der Waals surface area contributed by atoms with Crippen LogP contribution in [0.4, 0.5) is 0 Å². The topological polar surface area (TPSA) is 57.7 Å². The van der Waals surface area contributed by atoms with E-state index in [1.807, 2.05) is 30.3 Å². The summed E-state index contributed by atoms with van der Waals surface area (Å²) in [5.74, 6) is -0.188. The van der Waals surface area contributed by atoms with Crippen LogP contribution < -0.4 is 0 Å². The van der Waals surface area contributed by atoms with E-state index in [1.54, 1.807) is 34.5 Å². The third-order valence-electron chi connectivity index (χ3n) is 4.89. The predicted molar refractivity (Wildman–Crippen MR) is 106 cm³/mol. The van der Waals surface area contributed by atoms with Gasteiger partial charge in [-0.1, -0.05) is 49.2 Å². The van der Waals surface area contributed by atoms with Gasteiger partial charge in [-0.25, -0.2) is 8.42 Å². The molecule has 0 N–H and O–H groups in total. The number of amides is 1. The van der Waals surface area contributed by atoms with Crippen molar-refractivity contribution in [1.82, 2.24) is 9.21 Å². The van der Waals surface area contributed by atoms with Crippen molar-refractivity contribution < 1.29 is 13.2 Å². The Morgan fingerprint density at radius 1 is 0.963 bits per heavy atom. The summed E-state index contributed by atoms with van der Waals surface area (Å²) in [4.78, 5) is 14.6. The number of hydrogen-bond donors (Lipinski definition) is 0. The van der Waals surface area contributed by atoms with Gasteiger partial charge in [0.1, 0.15) is 0 Å². The number of carbonyl (C=O) groups is 1. The van der Waals surface area contributed by atoms with Gasteiger partial charge in [0.25, 0.3) is 5.91 Å². The van der Waals surface area contributed by atoms with Gasteiger partial charge in [-0.15, -0.1) is 0 Å². The van der Waals surface area contributed by atoms with Crippen molar-refractivity contribution in [2.75, 3.05) is 20.1 Å². The molecule has 144 valence electrons. The van der Waals surface area contributed by atoms with Crippen LogP contribution >= 0.6 is 0 Å². The average Bonchev–Trinajstić information content (AvgIpc) is 2.98. The summed E-state index contributed by atoms with van der Waals surface area (Å²) in [5, 5.41) is 0. The minimum absolute atomic E-state index is 0.188. The summed E-state index contributed by atoms with van der Waals surface area (Å²) in [5.41, 5.74) is 1.42. The summed E-state index contributed by atoms with van der Waals surface area (Å²) in [7, 11) is -1.84. The molecule has 0 unspecified atom stereocenters. The molecule has 0 spiro atoms. The van der Waals surface area contributed by atoms with Gasteiger partial charge >= 0.3 is 0 Å². The smallest absolute Gasteiger partial charge is 0.253 e. The zero-order chi connectivity index (χ0) is 19.3. The van der Waals surface area contributed by atoms with Crippen LogP contribution in [-0.4, -0.2) is 43.7 Å². The van der Waals surface area contributed by atoms with Crippen molar-refractivity contribution in [3.05, 3.63) is 65.7 Å². The van der Waals surface area contributed by atoms with Gasteiger partial charge in [0.15, 0.2) is 0 Å². The largest absolute Gasteiger partial charge is 0.337 e. The van der Waals surface area contributed by atoms with Crippen molar-refractivity contribution >= 4 is 15.9 Å². The quantitative estimate of drug-likeness (QED) is 0.790. The van der Waals surface area contributed by atoms with Gasteiger partial charge in [0, 0.05) is 32.2 Å².